The van der Waals surface area contributed by atoms with Gasteiger partial charge in [0.15, 0.2) is 0 Å². The molecule has 0 aromatic rings. The van der Waals surface area contributed by atoms with Gasteiger partial charge in [-0.15, -0.1) is 0 Å². The topological polar surface area (TPSA) is 78.5 Å². The second kappa shape index (κ2) is 6.49. The number of carbonyl (C=O) groups excluding carboxylic acids is 3. The average Bonchev–Trinajstić information content (AvgIpc) is 3.11. The van der Waals surface area contributed by atoms with Gasteiger partial charge in [-0.3, -0.25) is 14.4 Å². The van der Waals surface area contributed by atoms with Gasteiger partial charge in [-0.25, -0.2) is 0 Å². The van der Waals surface area contributed by atoms with E-state index in [1.165, 1.54) is 19.3 Å². The summed E-state index contributed by atoms with van der Waals surface area (Å²) < 4.78 is 0. The molecule has 2 heterocycles. The summed E-state index contributed by atoms with van der Waals surface area (Å²) in [5.74, 6) is 2.19. The number of carbonyl (C=O) groups is 3. The van der Waals surface area contributed by atoms with E-state index in [0.717, 1.165) is 56.3 Å². The Morgan fingerprint density at radius 2 is 1.67 bits per heavy atom. The van der Waals surface area contributed by atoms with Gasteiger partial charge in [0.2, 0.25) is 17.7 Å². The first kappa shape index (κ1) is 17.5. The van der Waals surface area contributed by atoms with Crippen molar-refractivity contribution < 1.29 is 14.4 Å². The van der Waals surface area contributed by atoms with Crippen LogP contribution in [0.3, 0.4) is 0 Å². The minimum Gasteiger partial charge on any atom is -0.354 e. The van der Waals surface area contributed by atoms with Crippen molar-refractivity contribution in [2.45, 2.75) is 76.3 Å². The number of nitrogens with one attached hydrogen (secondary N) is 2. The summed E-state index contributed by atoms with van der Waals surface area (Å²) in [4.78, 5) is 40.4. The molecular formula is C21H31N3O3. The minimum atomic E-state index is -0.441. The Balaban J connectivity index is 1.30. The van der Waals surface area contributed by atoms with Crippen LogP contribution in [0, 0.1) is 23.2 Å². The Morgan fingerprint density at radius 1 is 1.00 bits per heavy atom. The SMILES string of the molecule is O=C1NCCCC1NC(=O)C1CCCN1C(=O)C12CC3CC(CC(C3)C1)C2. The fraction of sp³-hybridized carbons (Fsp3) is 0.857. The third-order valence-electron chi connectivity index (χ3n) is 7.91. The van der Waals surface area contributed by atoms with E-state index in [9.17, 15) is 14.4 Å². The molecule has 4 saturated carbocycles. The zero-order valence-electron chi connectivity index (χ0n) is 16.0. The van der Waals surface area contributed by atoms with Crippen molar-refractivity contribution in [2.75, 3.05) is 13.1 Å². The number of rotatable bonds is 3. The Morgan fingerprint density at radius 3 is 2.30 bits per heavy atom. The van der Waals surface area contributed by atoms with Gasteiger partial charge in [-0.1, -0.05) is 0 Å². The Bertz CT molecular complexity index is 626. The van der Waals surface area contributed by atoms with Gasteiger partial charge in [0.1, 0.15) is 12.1 Å². The predicted octanol–water partition coefficient (Wildman–Crippen LogP) is 1.59. The molecule has 2 saturated heterocycles. The zero-order valence-corrected chi connectivity index (χ0v) is 16.0. The van der Waals surface area contributed by atoms with Crippen molar-refractivity contribution >= 4 is 17.7 Å². The summed E-state index contributed by atoms with van der Waals surface area (Å²) in [5.41, 5.74) is -0.195. The molecule has 0 aromatic carbocycles. The van der Waals surface area contributed by atoms with Crippen LogP contribution in [0.15, 0.2) is 0 Å². The van der Waals surface area contributed by atoms with Crippen LogP contribution in [0.2, 0.25) is 0 Å². The molecular weight excluding hydrogens is 342 g/mol. The maximum atomic E-state index is 13.6. The Kier molecular flexibility index (Phi) is 4.21. The number of amides is 3. The first-order valence-corrected chi connectivity index (χ1v) is 10.9. The molecule has 0 aromatic heterocycles. The van der Waals surface area contributed by atoms with Crippen LogP contribution >= 0.6 is 0 Å². The molecule has 0 spiro atoms. The van der Waals surface area contributed by atoms with Crippen LogP contribution in [0.5, 0.6) is 0 Å². The molecule has 3 amide bonds. The smallest absolute Gasteiger partial charge is 0.243 e. The molecule has 6 rings (SSSR count). The van der Waals surface area contributed by atoms with E-state index in [1.807, 2.05) is 4.90 Å². The maximum Gasteiger partial charge on any atom is 0.243 e. The summed E-state index contributed by atoms with van der Waals surface area (Å²) in [6.07, 6.45) is 10.2. The van der Waals surface area contributed by atoms with Gasteiger partial charge in [-0.05, 0) is 82.0 Å². The first-order chi connectivity index (χ1) is 13.0. The molecule has 6 fully saturated rings. The molecule has 2 unspecified atom stereocenters. The second-order valence-electron chi connectivity index (χ2n) is 9.85. The predicted molar refractivity (Wildman–Crippen MR) is 99.5 cm³/mol. The van der Waals surface area contributed by atoms with Gasteiger partial charge < -0.3 is 15.5 Å². The van der Waals surface area contributed by atoms with Crippen LogP contribution in [-0.2, 0) is 14.4 Å². The number of hydrogen-bond donors (Lipinski definition) is 2. The van der Waals surface area contributed by atoms with E-state index in [0.29, 0.717) is 19.5 Å². The van der Waals surface area contributed by atoms with E-state index in [2.05, 4.69) is 10.6 Å². The van der Waals surface area contributed by atoms with Gasteiger partial charge >= 0.3 is 0 Å². The van der Waals surface area contributed by atoms with Gasteiger partial charge in [0.05, 0.1) is 5.41 Å². The highest BCUT2D eigenvalue weighted by molar-refractivity contribution is 5.94. The van der Waals surface area contributed by atoms with Crippen molar-refractivity contribution in [1.82, 2.24) is 15.5 Å². The van der Waals surface area contributed by atoms with Crippen molar-refractivity contribution in [3.05, 3.63) is 0 Å². The van der Waals surface area contributed by atoms with E-state index in [-0.39, 0.29) is 29.2 Å². The molecule has 2 atom stereocenters. The Labute approximate surface area is 160 Å². The molecule has 4 bridgehead atoms. The average molecular weight is 373 g/mol. The highest BCUT2D eigenvalue weighted by Gasteiger charge is 2.56. The summed E-state index contributed by atoms with van der Waals surface area (Å²) in [6.45, 7) is 1.38. The van der Waals surface area contributed by atoms with Crippen molar-refractivity contribution in [3.8, 4) is 0 Å². The Hall–Kier alpha value is -1.59. The quantitative estimate of drug-likeness (QED) is 0.789. The van der Waals surface area contributed by atoms with E-state index in [1.54, 1.807) is 0 Å². The van der Waals surface area contributed by atoms with Gasteiger partial charge in [0, 0.05) is 13.1 Å². The van der Waals surface area contributed by atoms with E-state index in [4.69, 9.17) is 0 Å². The van der Waals surface area contributed by atoms with Crippen LogP contribution in [0.1, 0.15) is 64.2 Å². The largest absolute Gasteiger partial charge is 0.354 e. The molecule has 4 aliphatic carbocycles. The number of hydrogen-bond acceptors (Lipinski definition) is 3. The highest BCUT2D eigenvalue weighted by atomic mass is 16.2. The lowest BCUT2D eigenvalue weighted by Gasteiger charge is -2.56. The lowest BCUT2D eigenvalue weighted by molar-refractivity contribution is -0.160. The third kappa shape index (κ3) is 2.95. The minimum absolute atomic E-state index is 0.0912. The van der Waals surface area contributed by atoms with E-state index < -0.39 is 6.04 Å². The molecule has 2 N–H and O–H groups in total. The molecule has 0 radical (unpaired) electrons. The van der Waals surface area contributed by atoms with Crippen LogP contribution in [0.4, 0.5) is 0 Å². The first-order valence-electron chi connectivity index (χ1n) is 10.9. The van der Waals surface area contributed by atoms with Crippen molar-refractivity contribution in [1.29, 1.82) is 0 Å². The zero-order chi connectivity index (χ0) is 18.6. The lowest BCUT2D eigenvalue weighted by Crippen LogP contribution is -2.59. The standard InChI is InChI=1S/C21H31N3O3/c25-18-16(3-1-5-22-18)23-19(26)17-4-2-6-24(17)20(27)21-10-13-7-14(11-21)9-15(8-13)12-21/h13-17H,1-12H2,(H,22,25)(H,23,26). The van der Waals surface area contributed by atoms with Gasteiger partial charge in [0.25, 0.3) is 0 Å². The molecule has 6 aliphatic rings. The second-order valence-corrected chi connectivity index (χ2v) is 9.85. The molecule has 148 valence electrons. The normalized spacial score (nSPS) is 42.9. The van der Waals surface area contributed by atoms with Crippen LogP contribution < -0.4 is 10.6 Å². The van der Waals surface area contributed by atoms with Gasteiger partial charge in [-0.2, -0.15) is 0 Å². The molecule has 27 heavy (non-hydrogen) atoms. The number of piperidine rings is 1. The van der Waals surface area contributed by atoms with Crippen molar-refractivity contribution in [3.63, 3.8) is 0 Å². The summed E-state index contributed by atoms with van der Waals surface area (Å²) in [5, 5.41) is 5.74. The number of likely N-dealkylation sites (tertiary alicyclic amines) is 1. The summed E-state index contributed by atoms with van der Waals surface area (Å²) >= 11 is 0. The molecule has 2 aliphatic heterocycles. The summed E-state index contributed by atoms with van der Waals surface area (Å²) in [7, 11) is 0. The number of nitrogens with zero attached hydrogens (tertiary/aromatic N) is 1. The van der Waals surface area contributed by atoms with E-state index >= 15 is 0 Å². The molecule has 6 heteroatoms. The third-order valence-corrected chi connectivity index (χ3v) is 7.91. The lowest BCUT2D eigenvalue weighted by atomic mass is 9.49. The molecule has 6 nitrogen and oxygen atoms in total. The highest BCUT2D eigenvalue weighted by Crippen LogP contribution is 2.60. The maximum absolute atomic E-state index is 13.6. The monoisotopic (exact) mass is 373 g/mol. The fourth-order valence-electron chi connectivity index (χ4n) is 7.14. The fourth-order valence-corrected chi connectivity index (χ4v) is 7.14. The summed E-state index contributed by atoms with van der Waals surface area (Å²) in [6, 6.07) is -0.830. The van der Waals surface area contributed by atoms with Crippen molar-refractivity contribution in [2.24, 2.45) is 23.2 Å². The van der Waals surface area contributed by atoms with Crippen LogP contribution in [-0.4, -0.2) is 47.8 Å². The van der Waals surface area contributed by atoms with Crippen LogP contribution in [0.25, 0.3) is 0 Å².